The largest absolute Gasteiger partial charge is 0.332 e. The minimum atomic E-state index is -0.261. The Morgan fingerprint density at radius 1 is 1.09 bits per heavy atom. The van der Waals surface area contributed by atoms with Crippen LogP contribution in [0.2, 0.25) is 10.0 Å². The average molecular weight is 353 g/mol. The third kappa shape index (κ3) is 3.77. The van der Waals surface area contributed by atoms with Crippen molar-refractivity contribution in [3.8, 4) is 0 Å². The molecule has 0 aliphatic carbocycles. The van der Waals surface area contributed by atoms with E-state index in [1.54, 1.807) is 18.2 Å². The Morgan fingerprint density at radius 3 is 2.59 bits per heavy atom. The maximum atomic E-state index is 12.9. The summed E-state index contributed by atoms with van der Waals surface area (Å²) in [5.41, 5.74) is 1.80. The highest BCUT2D eigenvalue weighted by Crippen LogP contribution is 2.28. The molecule has 0 amide bonds. The number of nitrogens with zero attached hydrogens (tertiary/aromatic N) is 1. The molecule has 1 N–H and O–H groups in total. The molecule has 22 heavy (non-hydrogen) atoms. The first kappa shape index (κ1) is 15.3. The zero-order chi connectivity index (χ0) is 15.5. The highest BCUT2D eigenvalue weighted by atomic mass is 35.5. The molecule has 0 radical (unpaired) electrons. The van der Waals surface area contributed by atoms with Crippen LogP contribution in [0.5, 0.6) is 0 Å². The van der Waals surface area contributed by atoms with Gasteiger partial charge in [0.25, 0.3) is 0 Å². The van der Waals surface area contributed by atoms with Crippen molar-refractivity contribution in [3.63, 3.8) is 0 Å². The first-order chi connectivity index (χ1) is 10.6. The first-order valence-corrected chi connectivity index (χ1v) is 8.08. The van der Waals surface area contributed by atoms with E-state index in [4.69, 9.17) is 23.2 Å². The fourth-order valence-corrected chi connectivity index (χ4v) is 3.29. The number of anilines is 2. The van der Waals surface area contributed by atoms with Crippen LogP contribution in [0, 0.1) is 5.82 Å². The molecule has 0 saturated carbocycles. The lowest BCUT2D eigenvalue weighted by Crippen LogP contribution is -1.88. The molecule has 6 heteroatoms. The molecule has 0 aliphatic heterocycles. The predicted molar refractivity (Wildman–Crippen MR) is 91.1 cm³/mol. The number of halogens is 3. The Balaban J connectivity index is 1.72. The number of hydrogen-bond acceptors (Lipinski definition) is 3. The average Bonchev–Trinajstić information content (AvgIpc) is 2.92. The topological polar surface area (TPSA) is 24.9 Å². The molecule has 3 rings (SSSR count). The lowest BCUT2D eigenvalue weighted by Gasteiger charge is -2.03. The minimum Gasteiger partial charge on any atom is -0.332 e. The Bertz CT molecular complexity index is 787. The van der Waals surface area contributed by atoms with Gasteiger partial charge in [0.1, 0.15) is 5.82 Å². The van der Waals surface area contributed by atoms with Crippen molar-refractivity contribution in [2.45, 2.75) is 6.42 Å². The highest BCUT2D eigenvalue weighted by Gasteiger charge is 2.07. The standard InChI is InChI=1S/C16H11Cl2FN2S/c17-11-2-1-10(15(18)8-11)7-14-9-20-16(22-14)21-13-5-3-12(19)4-6-13/h1-6,8-9H,7H2,(H,20,21). The Morgan fingerprint density at radius 2 is 1.86 bits per heavy atom. The van der Waals surface area contributed by atoms with Crippen molar-refractivity contribution in [3.05, 3.63) is 75.0 Å². The van der Waals surface area contributed by atoms with Crippen LogP contribution in [0.3, 0.4) is 0 Å². The summed E-state index contributed by atoms with van der Waals surface area (Å²) in [6.45, 7) is 0. The zero-order valence-corrected chi connectivity index (χ0v) is 13.6. The van der Waals surface area contributed by atoms with Crippen LogP contribution in [0.25, 0.3) is 0 Å². The molecule has 2 nitrogen and oxygen atoms in total. The number of rotatable bonds is 4. The monoisotopic (exact) mass is 352 g/mol. The van der Waals surface area contributed by atoms with E-state index < -0.39 is 0 Å². The summed E-state index contributed by atoms with van der Waals surface area (Å²) < 4.78 is 12.9. The predicted octanol–water partition coefficient (Wildman–Crippen LogP) is 5.92. The summed E-state index contributed by atoms with van der Waals surface area (Å²) in [5.74, 6) is -0.261. The molecule has 0 bridgehead atoms. The lowest BCUT2D eigenvalue weighted by molar-refractivity contribution is 0.628. The minimum absolute atomic E-state index is 0.261. The SMILES string of the molecule is Fc1ccc(Nc2ncc(Cc3ccc(Cl)cc3Cl)s2)cc1. The van der Waals surface area contributed by atoms with E-state index >= 15 is 0 Å². The number of nitrogens with one attached hydrogen (secondary N) is 1. The van der Waals surface area contributed by atoms with Gasteiger partial charge in [-0.05, 0) is 42.0 Å². The van der Waals surface area contributed by atoms with E-state index in [1.165, 1.54) is 23.5 Å². The Kier molecular flexibility index (Phi) is 4.62. The number of aromatic nitrogens is 1. The van der Waals surface area contributed by atoms with E-state index in [1.807, 2.05) is 18.3 Å². The van der Waals surface area contributed by atoms with Crippen molar-refractivity contribution in [2.75, 3.05) is 5.32 Å². The smallest absolute Gasteiger partial charge is 0.187 e. The van der Waals surface area contributed by atoms with Crippen LogP contribution in [0.15, 0.2) is 48.7 Å². The zero-order valence-electron chi connectivity index (χ0n) is 11.3. The molecule has 1 aromatic heterocycles. The number of hydrogen-bond donors (Lipinski definition) is 1. The summed E-state index contributed by atoms with van der Waals surface area (Å²) in [5, 5.41) is 5.17. The molecule has 0 saturated heterocycles. The molecule has 0 atom stereocenters. The third-order valence-corrected chi connectivity index (χ3v) is 4.53. The molecular weight excluding hydrogens is 342 g/mol. The second-order valence-corrected chi connectivity index (χ2v) is 6.63. The van der Waals surface area contributed by atoms with Crippen molar-refractivity contribution in [1.29, 1.82) is 0 Å². The summed E-state index contributed by atoms with van der Waals surface area (Å²) in [6.07, 6.45) is 2.50. The van der Waals surface area contributed by atoms with Gasteiger partial charge in [0, 0.05) is 33.2 Å². The Labute approximate surface area is 141 Å². The van der Waals surface area contributed by atoms with E-state index in [2.05, 4.69) is 10.3 Å². The fraction of sp³-hybridized carbons (Fsp3) is 0.0625. The van der Waals surface area contributed by atoms with Gasteiger partial charge in [-0.25, -0.2) is 9.37 Å². The molecule has 0 fully saturated rings. The van der Waals surface area contributed by atoms with Crippen LogP contribution in [-0.4, -0.2) is 4.98 Å². The highest BCUT2D eigenvalue weighted by molar-refractivity contribution is 7.15. The Hall–Kier alpha value is -1.62. The van der Waals surface area contributed by atoms with Crippen molar-refractivity contribution >= 4 is 45.4 Å². The molecular formula is C16H11Cl2FN2S. The number of benzene rings is 2. The lowest BCUT2D eigenvalue weighted by atomic mass is 10.1. The maximum absolute atomic E-state index is 12.9. The van der Waals surface area contributed by atoms with E-state index in [0.29, 0.717) is 16.5 Å². The maximum Gasteiger partial charge on any atom is 0.187 e. The van der Waals surface area contributed by atoms with Gasteiger partial charge >= 0.3 is 0 Å². The van der Waals surface area contributed by atoms with Gasteiger partial charge in [0.05, 0.1) is 0 Å². The van der Waals surface area contributed by atoms with Crippen molar-refractivity contribution < 1.29 is 4.39 Å². The van der Waals surface area contributed by atoms with Gasteiger partial charge in [-0.3, -0.25) is 0 Å². The van der Waals surface area contributed by atoms with E-state index in [9.17, 15) is 4.39 Å². The van der Waals surface area contributed by atoms with Crippen LogP contribution >= 0.6 is 34.5 Å². The van der Waals surface area contributed by atoms with E-state index in [-0.39, 0.29) is 5.82 Å². The molecule has 2 aromatic carbocycles. The van der Waals surface area contributed by atoms with Gasteiger partial charge in [0.15, 0.2) is 5.13 Å². The van der Waals surface area contributed by atoms with Crippen LogP contribution in [-0.2, 0) is 6.42 Å². The second-order valence-electron chi connectivity index (χ2n) is 4.68. The van der Waals surface area contributed by atoms with Gasteiger partial charge in [-0.15, -0.1) is 11.3 Å². The van der Waals surface area contributed by atoms with Gasteiger partial charge in [-0.1, -0.05) is 29.3 Å². The van der Waals surface area contributed by atoms with Gasteiger partial charge in [-0.2, -0.15) is 0 Å². The van der Waals surface area contributed by atoms with Gasteiger partial charge in [0.2, 0.25) is 0 Å². The van der Waals surface area contributed by atoms with Crippen LogP contribution in [0.1, 0.15) is 10.4 Å². The van der Waals surface area contributed by atoms with E-state index in [0.717, 1.165) is 21.3 Å². The molecule has 1 heterocycles. The summed E-state index contributed by atoms with van der Waals surface area (Å²) >= 11 is 13.6. The first-order valence-electron chi connectivity index (χ1n) is 6.51. The van der Waals surface area contributed by atoms with Crippen LogP contribution in [0.4, 0.5) is 15.2 Å². The molecule has 0 spiro atoms. The summed E-state index contributed by atoms with van der Waals surface area (Å²) in [4.78, 5) is 5.40. The van der Waals surface area contributed by atoms with Crippen molar-refractivity contribution in [2.24, 2.45) is 0 Å². The van der Waals surface area contributed by atoms with Crippen molar-refractivity contribution in [1.82, 2.24) is 4.98 Å². The van der Waals surface area contributed by atoms with Crippen LogP contribution < -0.4 is 5.32 Å². The molecule has 0 unspecified atom stereocenters. The van der Waals surface area contributed by atoms with Gasteiger partial charge < -0.3 is 5.32 Å². The fourth-order valence-electron chi connectivity index (χ4n) is 1.96. The quantitative estimate of drug-likeness (QED) is 0.629. The summed E-state index contributed by atoms with van der Waals surface area (Å²) in [6, 6.07) is 11.6. The molecule has 3 aromatic rings. The molecule has 0 aliphatic rings. The third-order valence-electron chi connectivity index (χ3n) is 3.03. The number of thiazole rings is 1. The summed E-state index contributed by atoms with van der Waals surface area (Å²) in [7, 11) is 0. The second kappa shape index (κ2) is 6.65. The molecule has 112 valence electrons. The normalized spacial score (nSPS) is 10.7.